The highest BCUT2D eigenvalue weighted by molar-refractivity contribution is 14.1. The predicted octanol–water partition coefficient (Wildman–Crippen LogP) is 3.18. The van der Waals surface area contributed by atoms with E-state index in [9.17, 15) is 19.2 Å². The van der Waals surface area contributed by atoms with E-state index in [1.54, 1.807) is 12.1 Å². The number of carbonyl (C=O) groups is 4. The minimum Gasteiger partial charge on any atom is -0.464 e. The number of amides is 4. The molecule has 31 heavy (non-hydrogen) atoms. The van der Waals surface area contributed by atoms with Gasteiger partial charge in [-0.2, -0.15) is 0 Å². The summed E-state index contributed by atoms with van der Waals surface area (Å²) in [5.41, 5.74) is 0.719. The summed E-state index contributed by atoms with van der Waals surface area (Å²) < 4.78 is 5.54. The molecule has 3 rings (SSSR count). The van der Waals surface area contributed by atoms with Crippen LogP contribution < -0.4 is 10.6 Å². The van der Waals surface area contributed by atoms with Gasteiger partial charge in [0.15, 0.2) is 10.8 Å². The molecule has 2 heterocycles. The normalized spacial score (nSPS) is 16.9. The van der Waals surface area contributed by atoms with E-state index in [2.05, 4.69) is 42.9 Å². The molecule has 1 aromatic heterocycles. The summed E-state index contributed by atoms with van der Waals surface area (Å²) in [5.74, 6) is -1.62. The van der Waals surface area contributed by atoms with Crippen LogP contribution in [-0.4, -0.2) is 46.9 Å². The molecule has 2 N–H and O–H groups in total. The molecule has 1 aromatic carbocycles. The number of thiazole rings is 1. The quantitative estimate of drug-likeness (QED) is 0.308. The summed E-state index contributed by atoms with van der Waals surface area (Å²) in [5, 5.41) is 6.93. The van der Waals surface area contributed by atoms with Gasteiger partial charge in [0.05, 0.1) is 7.11 Å². The maximum atomic E-state index is 13.1. The Morgan fingerprint density at radius 1 is 1.35 bits per heavy atom. The van der Waals surface area contributed by atoms with E-state index >= 15 is 0 Å². The van der Waals surface area contributed by atoms with Gasteiger partial charge in [0.2, 0.25) is 5.91 Å². The largest absolute Gasteiger partial charge is 0.464 e. The second kappa shape index (κ2) is 9.73. The number of anilines is 1. The van der Waals surface area contributed by atoms with Crippen LogP contribution in [0.3, 0.4) is 0 Å². The fourth-order valence-corrected chi connectivity index (χ4v) is 4.45. The zero-order valence-electron chi connectivity index (χ0n) is 17.0. The van der Waals surface area contributed by atoms with Crippen molar-refractivity contribution in [2.45, 2.75) is 32.4 Å². The lowest BCUT2D eigenvalue weighted by molar-refractivity contribution is -0.134. The van der Waals surface area contributed by atoms with Gasteiger partial charge in [-0.05, 0) is 52.6 Å². The lowest BCUT2D eigenvalue weighted by atomic mass is 10.0. The molecule has 2 atom stereocenters. The Morgan fingerprint density at radius 3 is 2.74 bits per heavy atom. The lowest BCUT2D eigenvalue weighted by Crippen LogP contribution is -2.48. The van der Waals surface area contributed by atoms with Crippen molar-refractivity contribution in [3.8, 4) is 0 Å². The van der Waals surface area contributed by atoms with Gasteiger partial charge < -0.3 is 15.4 Å². The summed E-state index contributed by atoms with van der Waals surface area (Å²) in [6.45, 7) is 3.79. The molecular weight excluding hydrogens is 535 g/mol. The van der Waals surface area contributed by atoms with Crippen LogP contribution >= 0.6 is 33.9 Å². The maximum absolute atomic E-state index is 13.1. The molecular formula is C20H21IN4O5S. The van der Waals surface area contributed by atoms with E-state index in [-0.39, 0.29) is 23.2 Å². The molecule has 2 aromatic rings. The highest BCUT2D eigenvalue weighted by Gasteiger charge is 2.45. The third-order valence-corrected chi connectivity index (χ3v) is 6.02. The standard InChI is InChI=1S/C20H21IN4O5S/c1-10(2)7-14(16(26)24-19-22-13(9-31-19)18(28)30-3)25-17(27)15(23-20(25)29)11-5-4-6-12(21)8-11/h4-6,8-10,14-15H,7H2,1-3H3,(H,23,29)(H,22,24,26). The average molecular weight is 556 g/mol. The molecule has 0 saturated carbocycles. The Balaban J connectivity index is 1.83. The lowest BCUT2D eigenvalue weighted by Gasteiger charge is -2.25. The van der Waals surface area contributed by atoms with E-state index in [1.807, 2.05) is 26.0 Å². The van der Waals surface area contributed by atoms with Crippen LogP contribution in [0.1, 0.15) is 42.4 Å². The third kappa shape index (κ3) is 5.21. The summed E-state index contributed by atoms with van der Waals surface area (Å²) >= 11 is 3.18. The number of urea groups is 1. The van der Waals surface area contributed by atoms with Crippen molar-refractivity contribution in [1.29, 1.82) is 0 Å². The number of esters is 1. The fourth-order valence-electron chi connectivity index (χ4n) is 3.20. The number of halogens is 1. The topological polar surface area (TPSA) is 118 Å². The summed E-state index contributed by atoms with van der Waals surface area (Å²) in [7, 11) is 1.24. The SMILES string of the molecule is COC(=O)c1csc(NC(=O)C(CC(C)C)N2C(=O)NC(c3cccc(I)c3)C2=O)n1. The number of carbonyl (C=O) groups excluding carboxylic acids is 4. The van der Waals surface area contributed by atoms with Crippen molar-refractivity contribution in [3.05, 3.63) is 44.5 Å². The van der Waals surface area contributed by atoms with Gasteiger partial charge in [-0.1, -0.05) is 26.0 Å². The fraction of sp³-hybridized carbons (Fsp3) is 0.350. The van der Waals surface area contributed by atoms with Crippen LogP contribution in [0, 0.1) is 9.49 Å². The van der Waals surface area contributed by atoms with Crippen molar-refractivity contribution in [2.75, 3.05) is 12.4 Å². The molecule has 1 saturated heterocycles. The van der Waals surface area contributed by atoms with E-state index in [4.69, 9.17) is 0 Å². The third-order valence-electron chi connectivity index (χ3n) is 4.59. The number of nitrogens with one attached hydrogen (secondary N) is 2. The molecule has 11 heteroatoms. The zero-order valence-corrected chi connectivity index (χ0v) is 20.0. The van der Waals surface area contributed by atoms with Crippen LogP contribution in [0.5, 0.6) is 0 Å². The maximum Gasteiger partial charge on any atom is 0.357 e. The predicted molar refractivity (Wildman–Crippen MR) is 123 cm³/mol. The molecule has 0 spiro atoms. The number of nitrogens with zero attached hydrogens (tertiary/aromatic N) is 2. The van der Waals surface area contributed by atoms with Gasteiger partial charge in [0.1, 0.15) is 12.1 Å². The molecule has 0 aliphatic carbocycles. The average Bonchev–Trinajstić information content (AvgIpc) is 3.29. The number of aromatic nitrogens is 1. The highest BCUT2D eigenvalue weighted by Crippen LogP contribution is 2.27. The molecule has 0 bridgehead atoms. The monoisotopic (exact) mass is 556 g/mol. The van der Waals surface area contributed by atoms with Gasteiger partial charge >= 0.3 is 12.0 Å². The number of benzene rings is 1. The summed E-state index contributed by atoms with van der Waals surface area (Å²) in [6.07, 6.45) is 0.277. The van der Waals surface area contributed by atoms with E-state index in [0.29, 0.717) is 5.56 Å². The van der Waals surface area contributed by atoms with Crippen molar-refractivity contribution < 1.29 is 23.9 Å². The second-order valence-corrected chi connectivity index (χ2v) is 9.41. The minimum atomic E-state index is -1.02. The van der Waals surface area contributed by atoms with Crippen molar-refractivity contribution >= 4 is 62.9 Å². The van der Waals surface area contributed by atoms with Crippen LogP contribution in [0.15, 0.2) is 29.6 Å². The van der Waals surface area contributed by atoms with Crippen LogP contribution in [0.2, 0.25) is 0 Å². The van der Waals surface area contributed by atoms with Gasteiger partial charge in [-0.3, -0.25) is 9.59 Å². The van der Waals surface area contributed by atoms with Gasteiger partial charge in [-0.15, -0.1) is 11.3 Å². The summed E-state index contributed by atoms with van der Waals surface area (Å²) in [4.78, 5) is 55.5. The number of methoxy groups -OCH3 is 1. The first kappa shape index (κ1) is 23.1. The first-order valence-electron chi connectivity index (χ1n) is 9.45. The first-order valence-corrected chi connectivity index (χ1v) is 11.4. The van der Waals surface area contributed by atoms with Gasteiger partial charge in [-0.25, -0.2) is 19.5 Å². The van der Waals surface area contributed by atoms with E-state index < -0.39 is 35.9 Å². The molecule has 164 valence electrons. The molecule has 1 aliphatic heterocycles. The van der Waals surface area contributed by atoms with Crippen LogP contribution in [0.25, 0.3) is 0 Å². The molecule has 1 aliphatic rings. The van der Waals surface area contributed by atoms with Crippen LogP contribution in [0.4, 0.5) is 9.93 Å². The Kier molecular flexibility index (Phi) is 7.26. The highest BCUT2D eigenvalue weighted by atomic mass is 127. The second-order valence-electron chi connectivity index (χ2n) is 7.31. The van der Waals surface area contributed by atoms with Crippen molar-refractivity contribution in [1.82, 2.24) is 15.2 Å². The smallest absolute Gasteiger partial charge is 0.357 e. The number of ether oxygens (including phenoxy) is 1. The number of rotatable bonds is 7. The Labute approximate surface area is 196 Å². The Hall–Kier alpha value is -2.54. The first-order chi connectivity index (χ1) is 14.7. The molecule has 2 unspecified atom stereocenters. The molecule has 9 nitrogen and oxygen atoms in total. The molecule has 0 radical (unpaired) electrons. The minimum absolute atomic E-state index is 0.0370. The number of hydrogen-bond acceptors (Lipinski definition) is 7. The molecule has 1 fully saturated rings. The summed E-state index contributed by atoms with van der Waals surface area (Å²) in [6, 6.07) is 4.77. The zero-order chi connectivity index (χ0) is 22.7. The van der Waals surface area contributed by atoms with Crippen molar-refractivity contribution in [3.63, 3.8) is 0 Å². The van der Waals surface area contributed by atoms with E-state index in [1.165, 1.54) is 12.5 Å². The molecule has 4 amide bonds. The van der Waals surface area contributed by atoms with Gasteiger partial charge in [0.25, 0.3) is 5.91 Å². The van der Waals surface area contributed by atoms with E-state index in [0.717, 1.165) is 19.8 Å². The van der Waals surface area contributed by atoms with Crippen LogP contribution in [-0.2, 0) is 14.3 Å². The van der Waals surface area contributed by atoms with Crippen molar-refractivity contribution in [2.24, 2.45) is 5.92 Å². The van der Waals surface area contributed by atoms with Gasteiger partial charge in [0, 0.05) is 8.95 Å². The Bertz CT molecular complexity index is 1020. The number of hydrogen-bond donors (Lipinski definition) is 2. The Morgan fingerprint density at radius 2 is 2.10 bits per heavy atom. The number of imide groups is 1.